The average Bonchev–Trinajstić information content (AvgIpc) is 2.46. The SMILES string of the molecule is Clc1nc(Cl)c(Cl)c(Cl)c1Cl.FC(F)(F)c1cc(Cl)c(Cl)nc1Cl. The first-order valence-corrected chi connectivity index (χ1v) is 8.32. The highest BCUT2D eigenvalue weighted by molar-refractivity contribution is 6.53. The zero-order chi connectivity index (χ0) is 18.8. The van der Waals surface area contributed by atoms with E-state index in [-0.39, 0.29) is 35.5 Å². The van der Waals surface area contributed by atoms with E-state index in [0.717, 1.165) is 0 Å². The largest absolute Gasteiger partial charge is 0.419 e. The van der Waals surface area contributed by atoms with Crippen molar-refractivity contribution in [2.24, 2.45) is 0 Å². The smallest absolute Gasteiger partial charge is 0.222 e. The fraction of sp³-hybridized carbons (Fsp3) is 0.0909. The molecule has 0 amide bonds. The summed E-state index contributed by atoms with van der Waals surface area (Å²) in [5.74, 6) is 0. The van der Waals surface area contributed by atoms with Crippen LogP contribution in [0.3, 0.4) is 0 Å². The Morgan fingerprint density at radius 3 is 1.46 bits per heavy atom. The molecular weight excluding hydrogens is 501 g/mol. The number of hydrogen-bond acceptors (Lipinski definition) is 2. The lowest BCUT2D eigenvalue weighted by Gasteiger charge is -2.08. The molecule has 0 aliphatic rings. The first kappa shape index (κ1) is 22.5. The standard InChI is InChI=1S/C6HCl3F3N.C5Cl5N/c7-3-1-2(6(10,11)12)4(8)13-5(3)9;6-1-2(7)4(9)11-5(10)3(1)8/h1H;. The topological polar surface area (TPSA) is 25.8 Å². The van der Waals surface area contributed by atoms with Crippen LogP contribution >= 0.6 is 92.8 Å². The number of rotatable bonds is 0. The van der Waals surface area contributed by atoms with Gasteiger partial charge in [0.2, 0.25) is 0 Å². The Bertz CT molecular complexity index is 740. The van der Waals surface area contributed by atoms with Gasteiger partial charge in [-0.05, 0) is 6.07 Å². The predicted molar refractivity (Wildman–Crippen MR) is 93.6 cm³/mol. The van der Waals surface area contributed by atoms with E-state index < -0.39 is 16.9 Å². The summed E-state index contributed by atoms with van der Waals surface area (Å²) in [7, 11) is 0. The van der Waals surface area contributed by atoms with Crippen molar-refractivity contribution < 1.29 is 13.2 Å². The molecule has 0 saturated heterocycles. The monoisotopic (exact) mass is 498 g/mol. The van der Waals surface area contributed by atoms with Crippen LogP contribution < -0.4 is 0 Å². The van der Waals surface area contributed by atoms with E-state index in [1.54, 1.807) is 0 Å². The minimum absolute atomic E-state index is 0.0473. The van der Waals surface area contributed by atoms with Crippen LogP contribution in [0.2, 0.25) is 40.7 Å². The molecule has 0 unspecified atom stereocenters. The van der Waals surface area contributed by atoms with Crippen LogP contribution in [-0.2, 0) is 6.18 Å². The molecular formula is C11HCl8F3N2. The number of pyridine rings is 2. The van der Waals surface area contributed by atoms with Crippen molar-refractivity contribution in [1.29, 1.82) is 0 Å². The van der Waals surface area contributed by atoms with Crippen LogP contribution in [0.15, 0.2) is 6.07 Å². The van der Waals surface area contributed by atoms with Crippen LogP contribution in [0.25, 0.3) is 0 Å². The van der Waals surface area contributed by atoms with Crippen LogP contribution in [-0.4, -0.2) is 9.97 Å². The van der Waals surface area contributed by atoms with Crippen LogP contribution in [0.4, 0.5) is 13.2 Å². The first-order valence-electron chi connectivity index (χ1n) is 5.30. The molecule has 0 radical (unpaired) electrons. The number of nitrogens with zero attached hydrogens (tertiary/aromatic N) is 2. The quantitative estimate of drug-likeness (QED) is 0.339. The van der Waals surface area contributed by atoms with Gasteiger partial charge in [-0.1, -0.05) is 92.8 Å². The van der Waals surface area contributed by atoms with Gasteiger partial charge in [-0.15, -0.1) is 0 Å². The summed E-state index contributed by atoms with van der Waals surface area (Å²) in [6.07, 6.45) is -4.57. The Balaban J connectivity index is 0.000000243. The van der Waals surface area contributed by atoms with Crippen LogP contribution in [0.1, 0.15) is 5.56 Å². The van der Waals surface area contributed by atoms with Gasteiger partial charge in [0, 0.05) is 0 Å². The maximum atomic E-state index is 12.1. The Kier molecular flexibility index (Phi) is 8.30. The second-order valence-corrected chi connectivity index (χ2v) is 6.71. The van der Waals surface area contributed by atoms with Gasteiger partial charge in [0.15, 0.2) is 10.3 Å². The summed E-state index contributed by atoms with van der Waals surface area (Å²) in [4.78, 5) is 6.83. The van der Waals surface area contributed by atoms with Gasteiger partial charge in [-0.25, -0.2) is 9.97 Å². The van der Waals surface area contributed by atoms with Gasteiger partial charge in [-0.3, -0.25) is 0 Å². The summed E-state index contributed by atoms with van der Waals surface area (Å²) in [6, 6.07) is 0.638. The Morgan fingerprint density at radius 2 is 1.04 bits per heavy atom. The molecule has 0 atom stereocenters. The predicted octanol–water partition coefficient (Wildman–Crippen LogP) is 8.41. The number of halogens is 11. The average molecular weight is 502 g/mol. The highest BCUT2D eigenvalue weighted by Gasteiger charge is 2.34. The van der Waals surface area contributed by atoms with Gasteiger partial charge in [0.05, 0.1) is 25.7 Å². The Morgan fingerprint density at radius 1 is 0.625 bits per heavy atom. The summed E-state index contributed by atoms with van der Waals surface area (Å²) >= 11 is 43.7. The lowest BCUT2D eigenvalue weighted by molar-refractivity contribution is -0.137. The van der Waals surface area contributed by atoms with Gasteiger partial charge < -0.3 is 0 Å². The summed E-state index contributed by atoms with van der Waals surface area (Å²) in [5.41, 5.74) is -1.09. The van der Waals surface area contributed by atoms with Crippen LogP contribution in [0, 0.1) is 0 Å². The third-order valence-electron chi connectivity index (χ3n) is 2.14. The highest BCUT2D eigenvalue weighted by atomic mass is 35.5. The van der Waals surface area contributed by atoms with Crippen molar-refractivity contribution in [3.05, 3.63) is 52.3 Å². The molecule has 2 nitrogen and oxygen atoms in total. The summed E-state index contributed by atoms with van der Waals surface area (Å²) in [5, 5.41) is -0.791. The molecule has 0 aliphatic carbocycles. The summed E-state index contributed by atoms with van der Waals surface area (Å²) in [6.45, 7) is 0. The minimum atomic E-state index is -4.57. The molecule has 2 rings (SSSR count). The third kappa shape index (κ3) is 5.71. The fourth-order valence-electron chi connectivity index (χ4n) is 1.11. The van der Waals surface area contributed by atoms with Gasteiger partial charge in [0.25, 0.3) is 0 Å². The van der Waals surface area contributed by atoms with Crippen molar-refractivity contribution in [2.75, 3.05) is 0 Å². The maximum Gasteiger partial charge on any atom is 0.419 e. The molecule has 2 aromatic rings. The van der Waals surface area contributed by atoms with E-state index in [1.165, 1.54) is 0 Å². The zero-order valence-electron chi connectivity index (χ0n) is 10.6. The van der Waals surface area contributed by atoms with E-state index in [1.807, 2.05) is 0 Å². The maximum absolute atomic E-state index is 12.1. The zero-order valence-corrected chi connectivity index (χ0v) is 16.7. The fourth-order valence-corrected chi connectivity index (χ4v) is 2.69. The normalized spacial score (nSPS) is 11.1. The van der Waals surface area contributed by atoms with Gasteiger partial charge >= 0.3 is 6.18 Å². The van der Waals surface area contributed by atoms with Crippen molar-refractivity contribution >= 4 is 92.8 Å². The van der Waals surface area contributed by atoms with Crippen molar-refractivity contribution in [3.8, 4) is 0 Å². The van der Waals surface area contributed by atoms with Crippen molar-refractivity contribution in [3.63, 3.8) is 0 Å². The molecule has 0 spiro atoms. The number of alkyl halides is 3. The number of hydrogen-bond donors (Lipinski definition) is 0. The molecule has 13 heteroatoms. The van der Waals surface area contributed by atoms with Gasteiger partial charge in [-0.2, -0.15) is 13.2 Å². The van der Waals surface area contributed by atoms with E-state index in [2.05, 4.69) is 9.97 Å². The number of aromatic nitrogens is 2. The Labute approximate surface area is 173 Å². The first-order chi connectivity index (χ1) is 10.9. The van der Waals surface area contributed by atoms with E-state index in [0.29, 0.717) is 6.07 Å². The molecule has 24 heavy (non-hydrogen) atoms. The second-order valence-electron chi connectivity index (χ2n) is 3.73. The van der Waals surface area contributed by atoms with Gasteiger partial charge in [0.1, 0.15) is 10.3 Å². The van der Waals surface area contributed by atoms with E-state index in [4.69, 9.17) is 92.8 Å². The molecule has 0 bridgehead atoms. The molecule has 0 saturated carbocycles. The van der Waals surface area contributed by atoms with E-state index >= 15 is 0 Å². The van der Waals surface area contributed by atoms with Crippen LogP contribution in [0.5, 0.6) is 0 Å². The second kappa shape index (κ2) is 8.87. The lowest BCUT2D eigenvalue weighted by atomic mass is 10.3. The van der Waals surface area contributed by atoms with Crippen molar-refractivity contribution in [2.45, 2.75) is 6.18 Å². The third-order valence-corrected chi connectivity index (χ3v) is 5.15. The molecule has 2 aromatic heterocycles. The summed E-state index contributed by atoms with van der Waals surface area (Å²) < 4.78 is 36.4. The highest BCUT2D eigenvalue weighted by Crippen LogP contribution is 2.38. The molecule has 2 heterocycles. The lowest BCUT2D eigenvalue weighted by Crippen LogP contribution is -2.07. The van der Waals surface area contributed by atoms with E-state index in [9.17, 15) is 13.2 Å². The Hall–Kier alpha value is 0.410. The molecule has 0 N–H and O–H groups in total. The molecule has 132 valence electrons. The molecule has 0 aromatic carbocycles. The molecule has 0 fully saturated rings. The minimum Gasteiger partial charge on any atom is -0.222 e. The molecule has 0 aliphatic heterocycles. The van der Waals surface area contributed by atoms with Crippen molar-refractivity contribution in [1.82, 2.24) is 9.97 Å².